The van der Waals surface area contributed by atoms with E-state index in [1.54, 1.807) is 6.92 Å². The third-order valence-corrected chi connectivity index (χ3v) is 4.08. The van der Waals surface area contributed by atoms with Gasteiger partial charge in [0.05, 0.1) is 6.20 Å². The lowest BCUT2D eigenvalue weighted by Crippen LogP contribution is -2.16. The summed E-state index contributed by atoms with van der Waals surface area (Å²) in [7, 11) is -3.97. The molecule has 2 rings (SSSR count). The first-order valence-corrected chi connectivity index (χ1v) is 7.23. The van der Waals surface area contributed by atoms with E-state index in [1.807, 2.05) is 6.92 Å². The molecule has 2 N–H and O–H groups in total. The minimum atomic E-state index is -3.97. The molecule has 1 aromatic heterocycles. The Balaban J connectivity index is 2.41. The first-order valence-electron chi connectivity index (χ1n) is 5.75. The van der Waals surface area contributed by atoms with Gasteiger partial charge in [0.2, 0.25) is 0 Å². The zero-order valence-electron chi connectivity index (χ0n) is 10.6. The lowest BCUT2D eigenvalue weighted by molar-refractivity contribution is 0.569. The summed E-state index contributed by atoms with van der Waals surface area (Å²) >= 11 is 0. The van der Waals surface area contributed by atoms with Crippen LogP contribution in [0.4, 0.5) is 10.2 Å². The van der Waals surface area contributed by atoms with E-state index in [4.69, 9.17) is 0 Å². The molecule has 0 fully saturated rings. The predicted octanol–water partition coefficient (Wildman–Crippen LogP) is 2.22. The van der Waals surface area contributed by atoms with Crippen molar-refractivity contribution >= 4 is 15.8 Å². The molecule has 7 heteroatoms. The van der Waals surface area contributed by atoms with Crippen LogP contribution in [0.25, 0.3) is 0 Å². The second-order valence-corrected chi connectivity index (χ2v) is 5.81. The van der Waals surface area contributed by atoms with Crippen LogP contribution in [-0.2, 0) is 16.4 Å². The maximum Gasteiger partial charge on any atom is 0.265 e. The number of H-pyrrole nitrogens is 1. The highest BCUT2D eigenvalue weighted by Gasteiger charge is 2.21. The standard InChI is InChI=1S/C12H14FN3O2S/c1-3-9-7-14-15-12(9)16-19(17,18)11-6-8(2)4-5-10(11)13/h4-7H,3H2,1-2H3,(H2,14,15,16). The maximum atomic E-state index is 13.6. The number of sulfonamides is 1. The molecule has 19 heavy (non-hydrogen) atoms. The fourth-order valence-electron chi connectivity index (χ4n) is 1.67. The van der Waals surface area contributed by atoms with E-state index in [2.05, 4.69) is 14.9 Å². The van der Waals surface area contributed by atoms with Gasteiger partial charge in [-0.1, -0.05) is 13.0 Å². The summed E-state index contributed by atoms with van der Waals surface area (Å²) in [4.78, 5) is -0.371. The second kappa shape index (κ2) is 5.00. The van der Waals surface area contributed by atoms with Crippen LogP contribution in [-0.4, -0.2) is 18.6 Å². The lowest BCUT2D eigenvalue weighted by atomic mass is 10.2. The number of aromatic nitrogens is 2. The molecule has 0 unspecified atom stereocenters. The summed E-state index contributed by atoms with van der Waals surface area (Å²) in [6.07, 6.45) is 2.15. The van der Waals surface area contributed by atoms with Gasteiger partial charge in [-0.2, -0.15) is 5.10 Å². The number of hydrogen-bond donors (Lipinski definition) is 2. The minimum Gasteiger partial charge on any atom is -0.263 e. The average Bonchev–Trinajstić information content (AvgIpc) is 2.78. The molecule has 102 valence electrons. The smallest absolute Gasteiger partial charge is 0.263 e. The fraction of sp³-hybridized carbons (Fsp3) is 0.250. The van der Waals surface area contributed by atoms with Gasteiger partial charge in [0.1, 0.15) is 16.5 Å². The topological polar surface area (TPSA) is 74.8 Å². The SMILES string of the molecule is CCc1cn[nH]c1NS(=O)(=O)c1cc(C)ccc1F. The van der Waals surface area contributed by atoms with Gasteiger partial charge >= 0.3 is 0 Å². The van der Waals surface area contributed by atoms with Gasteiger partial charge in [-0.05, 0) is 31.0 Å². The summed E-state index contributed by atoms with van der Waals surface area (Å²) < 4.78 is 40.2. The number of halogens is 1. The first-order chi connectivity index (χ1) is 8.94. The Hall–Kier alpha value is -1.89. The van der Waals surface area contributed by atoms with Gasteiger partial charge in [-0.15, -0.1) is 0 Å². The Morgan fingerprint density at radius 3 is 2.84 bits per heavy atom. The number of hydrogen-bond acceptors (Lipinski definition) is 3. The van der Waals surface area contributed by atoms with Crippen LogP contribution in [0, 0.1) is 12.7 Å². The summed E-state index contributed by atoms with van der Waals surface area (Å²) in [5.74, 6) is -0.515. The minimum absolute atomic E-state index is 0.267. The largest absolute Gasteiger partial charge is 0.265 e. The Morgan fingerprint density at radius 1 is 1.42 bits per heavy atom. The first kappa shape index (κ1) is 13.5. The monoisotopic (exact) mass is 283 g/mol. The van der Waals surface area contributed by atoms with Crippen LogP contribution in [0.1, 0.15) is 18.1 Å². The van der Waals surface area contributed by atoms with Crippen molar-refractivity contribution < 1.29 is 12.8 Å². The van der Waals surface area contributed by atoms with E-state index in [1.165, 1.54) is 18.3 Å². The van der Waals surface area contributed by atoms with E-state index in [-0.39, 0.29) is 10.7 Å². The van der Waals surface area contributed by atoms with Crippen molar-refractivity contribution in [1.29, 1.82) is 0 Å². The highest BCUT2D eigenvalue weighted by molar-refractivity contribution is 7.92. The van der Waals surface area contributed by atoms with Gasteiger partial charge in [0.15, 0.2) is 0 Å². The zero-order chi connectivity index (χ0) is 14.0. The van der Waals surface area contributed by atoms with Crippen LogP contribution < -0.4 is 4.72 Å². The van der Waals surface area contributed by atoms with Crippen LogP contribution in [0.15, 0.2) is 29.3 Å². The molecule has 0 aliphatic heterocycles. The Labute approximate surface area is 110 Å². The van der Waals surface area contributed by atoms with Crippen molar-refractivity contribution in [3.63, 3.8) is 0 Å². The van der Waals surface area contributed by atoms with Crippen LogP contribution in [0.5, 0.6) is 0 Å². The molecule has 0 bridgehead atoms. The van der Waals surface area contributed by atoms with Crippen molar-refractivity contribution in [2.24, 2.45) is 0 Å². The van der Waals surface area contributed by atoms with E-state index >= 15 is 0 Å². The molecule has 0 atom stereocenters. The zero-order valence-corrected chi connectivity index (χ0v) is 11.4. The van der Waals surface area contributed by atoms with Gasteiger partial charge < -0.3 is 0 Å². The molecule has 0 amide bonds. The molecule has 0 radical (unpaired) electrons. The van der Waals surface area contributed by atoms with Crippen LogP contribution in [0.3, 0.4) is 0 Å². The number of aromatic amines is 1. The summed E-state index contributed by atoms with van der Waals surface area (Å²) in [6.45, 7) is 3.57. The van der Waals surface area contributed by atoms with E-state index < -0.39 is 15.8 Å². The molecule has 5 nitrogen and oxygen atoms in total. The van der Waals surface area contributed by atoms with Gasteiger partial charge in [-0.3, -0.25) is 9.82 Å². The number of benzene rings is 1. The molecular formula is C12H14FN3O2S. The second-order valence-electron chi connectivity index (χ2n) is 4.16. The van der Waals surface area contributed by atoms with Crippen molar-refractivity contribution in [2.45, 2.75) is 25.2 Å². The van der Waals surface area contributed by atoms with Gasteiger partial charge in [0, 0.05) is 5.56 Å². The molecule has 1 aromatic carbocycles. The Bertz CT molecular complexity index is 695. The van der Waals surface area contributed by atoms with Crippen molar-refractivity contribution in [3.05, 3.63) is 41.3 Å². The quantitative estimate of drug-likeness (QED) is 0.903. The third kappa shape index (κ3) is 2.76. The summed E-state index contributed by atoms with van der Waals surface area (Å²) in [5, 5.41) is 6.32. The van der Waals surface area contributed by atoms with Crippen LogP contribution in [0.2, 0.25) is 0 Å². The number of nitrogens with zero attached hydrogens (tertiary/aromatic N) is 1. The van der Waals surface area contributed by atoms with Gasteiger partial charge in [-0.25, -0.2) is 12.8 Å². The van der Waals surface area contributed by atoms with Crippen molar-refractivity contribution in [1.82, 2.24) is 10.2 Å². The maximum absolute atomic E-state index is 13.6. The Morgan fingerprint density at radius 2 is 2.16 bits per heavy atom. The van der Waals surface area contributed by atoms with E-state index in [9.17, 15) is 12.8 Å². The average molecular weight is 283 g/mol. The van der Waals surface area contributed by atoms with Crippen molar-refractivity contribution in [3.8, 4) is 0 Å². The molecule has 0 aliphatic rings. The fourth-order valence-corrected chi connectivity index (χ4v) is 2.89. The van der Waals surface area contributed by atoms with Crippen molar-refractivity contribution in [2.75, 3.05) is 4.72 Å². The summed E-state index contributed by atoms with van der Waals surface area (Å²) in [5.41, 5.74) is 1.39. The lowest BCUT2D eigenvalue weighted by Gasteiger charge is -2.09. The molecule has 2 aromatic rings. The molecule has 0 spiro atoms. The number of rotatable bonds is 4. The normalized spacial score (nSPS) is 11.5. The molecule has 0 saturated carbocycles. The summed E-state index contributed by atoms with van der Waals surface area (Å²) in [6, 6.07) is 3.94. The third-order valence-electron chi connectivity index (χ3n) is 2.71. The van der Waals surface area contributed by atoms with E-state index in [0.29, 0.717) is 12.0 Å². The molecular weight excluding hydrogens is 269 g/mol. The number of nitrogens with one attached hydrogen (secondary N) is 2. The molecule has 0 aliphatic carbocycles. The molecule has 1 heterocycles. The van der Waals surface area contributed by atoms with Gasteiger partial charge in [0.25, 0.3) is 10.0 Å². The highest BCUT2D eigenvalue weighted by Crippen LogP contribution is 2.21. The number of aryl methyl sites for hydroxylation is 2. The number of anilines is 1. The van der Waals surface area contributed by atoms with E-state index in [0.717, 1.165) is 11.6 Å². The Kier molecular flexibility index (Phi) is 3.57. The van der Waals surface area contributed by atoms with Crippen LogP contribution >= 0.6 is 0 Å². The predicted molar refractivity (Wildman–Crippen MR) is 69.9 cm³/mol. The highest BCUT2D eigenvalue weighted by atomic mass is 32.2. The molecule has 0 saturated heterocycles.